The van der Waals surface area contributed by atoms with E-state index in [1.165, 1.54) is 5.69 Å². The highest BCUT2D eigenvalue weighted by molar-refractivity contribution is 5.49. The van der Waals surface area contributed by atoms with Crippen molar-refractivity contribution in [3.8, 4) is 5.75 Å². The molecule has 0 unspecified atom stereocenters. The topological polar surface area (TPSA) is 56.3 Å². The first-order valence-corrected chi connectivity index (χ1v) is 7.30. The van der Waals surface area contributed by atoms with E-state index in [2.05, 4.69) is 26.6 Å². The summed E-state index contributed by atoms with van der Waals surface area (Å²) in [6.07, 6.45) is 5.71. The highest BCUT2D eigenvalue weighted by atomic mass is 16.5. The van der Waals surface area contributed by atoms with Gasteiger partial charge in [-0.1, -0.05) is 0 Å². The van der Waals surface area contributed by atoms with E-state index in [0.29, 0.717) is 6.54 Å². The molecule has 0 aliphatic rings. The number of anilines is 1. The molecule has 0 aliphatic carbocycles. The second-order valence-corrected chi connectivity index (χ2v) is 5.03. The number of rotatable bonds is 8. The number of imidazole rings is 1. The van der Waals surface area contributed by atoms with Crippen LogP contribution < -0.4 is 15.4 Å². The SMILES string of the molecule is COc1ccc(N(CCCN)CCc2nccn2C)cc1. The Morgan fingerprint density at radius 3 is 2.57 bits per heavy atom. The molecule has 21 heavy (non-hydrogen) atoms. The Labute approximate surface area is 126 Å². The van der Waals surface area contributed by atoms with Crippen molar-refractivity contribution >= 4 is 5.69 Å². The molecule has 0 saturated heterocycles. The lowest BCUT2D eigenvalue weighted by Gasteiger charge is -2.25. The predicted molar refractivity (Wildman–Crippen MR) is 85.8 cm³/mol. The van der Waals surface area contributed by atoms with Crippen molar-refractivity contribution in [3.05, 3.63) is 42.5 Å². The Bertz CT molecular complexity index is 535. The molecular weight excluding hydrogens is 264 g/mol. The van der Waals surface area contributed by atoms with Gasteiger partial charge in [0.2, 0.25) is 0 Å². The smallest absolute Gasteiger partial charge is 0.119 e. The fourth-order valence-electron chi connectivity index (χ4n) is 2.32. The van der Waals surface area contributed by atoms with E-state index >= 15 is 0 Å². The summed E-state index contributed by atoms with van der Waals surface area (Å²) in [5, 5.41) is 0. The molecule has 0 bridgehead atoms. The summed E-state index contributed by atoms with van der Waals surface area (Å²) in [6.45, 7) is 2.58. The number of aromatic nitrogens is 2. The maximum atomic E-state index is 5.65. The molecule has 5 nitrogen and oxygen atoms in total. The quantitative estimate of drug-likeness (QED) is 0.805. The third-order valence-electron chi connectivity index (χ3n) is 3.60. The van der Waals surface area contributed by atoms with E-state index in [-0.39, 0.29) is 0 Å². The fourth-order valence-corrected chi connectivity index (χ4v) is 2.32. The molecule has 1 aromatic heterocycles. The van der Waals surface area contributed by atoms with Crippen LogP contribution in [0.5, 0.6) is 5.75 Å². The van der Waals surface area contributed by atoms with E-state index in [1.807, 2.05) is 31.6 Å². The number of benzene rings is 1. The Kier molecular flexibility index (Phi) is 5.63. The fraction of sp³-hybridized carbons (Fsp3) is 0.438. The molecule has 114 valence electrons. The summed E-state index contributed by atoms with van der Waals surface area (Å²) in [5.41, 5.74) is 6.85. The molecule has 5 heteroatoms. The van der Waals surface area contributed by atoms with Gasteiger partial charge in [-0.2, -0.15) is 0 Å². The Hall–Kier alpha value is -2.01. The zero-order valence-corrected chi connectivity index (χ0v) is 12.8. The van der Waals surface area contributed by atoms with Crippen LogP contribution in [0.3, 0.4) is 0 Å². The van der Waals surface area contributed by atoms with Crippen LogP contribution >= 0.6 is 0 Å². The van der Waals surface area contributed by atoms with Crippen LogP contribution in [0.2, 0.25) is 0 Å². The van der Waals surface area contributed by atoms with E-state index in [0.717, 1.165) is 37.5 Å². The van der Waals surface area contributed by atoms with E-state index in [1.54, 1.807) is 7.11 Å². The lowest BCUT2D eigenvalue weighted by Crippen LogP contribution is -2.29. The summed E-state index contributed by atoms with van der Waals surface area (Å²) in [7, 11) is 3.71. The van der Waals surface area contributed by atoms with Crippen molar-refractivity contribution in [2.75, 3.05) is 31.6 Å². The van der Waals surface area contributed by atoms with Crippen LogP contribution in [0.15, 0.2) is 36.7 Å². The van der Waals surface area contributed by atoms with Gasteiger partial charge in [-0.05, 0) is 37.2 Å². The molecule has 0 saturated carbocycles. The second-order valence-electron chi connectivity index (χ2n) is 5.03. The largest absolute Gasteiger partial charge is 0.497 e. The number of methoxy groups -OCH3 is 1. The van der Waals surface area contributed by atoms with Gasteiger partial charge in [-0.15, -0.1) is 0 Å². The summed E-state index contributed by atoms with van der Waals surface area (Å²) >= 11 is 0. The molecule has 0 spiro atoms. The molecule has 2 rings (SSSR count). The predicted octanol–water partition coefficient (Wildman–Crippen LogP) is 1.83. The standard InChI is InChI=1S/C16H24N4O/c1-19-13-10-18-16(19)8-12-20(11-3-9-17)14-4-6-15(21-2)7-5-14/h4-7,10,13H,3,8-9,11-12,17H2,1-2H3. The third kappa shape index (κ3) is 4.23. The summed E-state index contributed by atoms with van der Waals surface area (Å²) in [4.78, 5) is 6.73. The van der Waals surface area contributed by atoms with Gasteiger partial charge in [0.15, 0.2) is 0 Å². The van der Waals surface area contributed by atoms with Gasteiger partial charge in [-0.3, -0.25) is 0 Å². The van der Waals surface area contributed by atoms with Crippen molar-refractivity contribution < 1.29 is 4.74 Å². The first-order valence-electron chi connectivity index (χ1n) is 7.30. The second kappa shape index (κ2) is 7.69. The van der Waals surface area contributed by atoms with Crippen molar-refractivity contribution in [2.45, 2.75) is 12.8 Å². The molecule has 2 N–H and O–H groups in total. The lowest BCUT2D eigenvalue weighted by atomic mass is 10.2. The minimum atomic E-state index is 0.703. The zero-order valence-electron chi connectivity index (χ0n) is 12.8. The molecule has 0 fully saturated rings. The number of nitrogens with zero attached hydrogens (tertiary/aromatic N) is 3. The number of nitrogens with two attached hydrogens (primary N) is 1. The normalized spacial score (nSPS) is 10.6. The lowest BCUT2D eigenvalue weighted by molar-refractivity contribution is 0.415. The van der Waals surface area contributed by atoms with E-state index in [9.17, 15) is 0 Å². The average Bonchev–Trinajstić information content (AvgIpc) is 2.93. The highest BCUT2D eigenvalue weighted by Gasteiger charge is 2.08. The van der Waals surface area contributed by atoms with Crippen molar-refractivity contribution in [2.24, 2.45) is 12.8 Å². The first-order chi connectivity index (χ1) is 10.2. The van der Waals surface area contributed by atoms with Gasteiger partial charge in [-0.25, -0.2) is 4.98 Å². The summed E-state index contributed by atoms with van der Waals surface area (Å²) in [6, 6.07) is 8.17. The number of ether oxygens (including phenoxy) is 1. The minimum absolute atomic E-state index is 0.703. The maximum absolute atomic E-state index is 5.65. The molecule has 1 aromatic carbocycles. The van der Waals surface area contributed by atoms with Gasteiger partial charge in [0.25, 0.3) is 0 Å². The third-order valence-corrected chi connectivity index (χ3v) is 3.60. The first kappa shape index (κ1) is 15.4. The van der Waals surface area contributed by atoms with Gasteiger partial charge in [0, 0.05) is 44.6 Å². The monoisotopic (exact) mass is 288 g/mol. The van der Waals surface area contributed by atoms with Crippen LogP contribution in [-0.2, 0) is 13.5 Å². The highest BCUT2D eigenvalue weighted by Crippen LogP contribution is 2.19. The molecule has 0 amide bonds. The van der Waals surface area contributed by atoms with Crippen LogP contribution in [0.4, 0.5) is 5.69 Å². The minimum Gasteiger partial charge on any atom is -0.497 e. The summed E-state index contributed by atoms with van der Waals surface area (Å²) < 4.78 is 7.28. The van der Waals surface area contributed by atoms with Gasteiger partial charge >= 0.3 is 0 Å². The Balaban J connectivity index is 2.04. The average molecular weight is 288 g/mol. The molecule has 0 aliphatic heterocycles. The van der Waals surface area contributed by atoms with Crippen molar-refractivity contribution in [3.63, 3.8) is 0 Å². The summed E-state index contributed by atoms with van der Waals surface area (Å²) in [5.74, 6) is 1.97. The number of aryl methyl sites for hydroxylation is 1. The molecule has 1 heterocycles. The van der Waals surface area contributed by atoms with Crippen LogP contribution in [0, 0.1) is 0 Å². The Morgan fingerprint density at radius 2 is 2.00 bits per heavy atom. The van der Waals surface area contributed by atoms with Crippen molar-refractivity contribution in [1.82, 2.24) is 9.55 Å². The molecule has 2 aromatic rings. The number of hydrogen-bond acceptors (Lipinski definition) is 4. The van der Waals surface area contributed by atoms with Gasteiger partial charge < -0.3 is 19.9 Å². The van der Waals surface area contributed by atoms with Crippen LogP contribution in [0.1, 0.15) is 12.2 Å². The van der Waals surface area contributed by atoms with Gasteiger partial charge in [0.05, 0.1) is 7.11 Å². The van der Waals surface area contributed by atoms with Crippen molar-refractivity contribution in [1.29, 1.82) is 0 Å². The Morgan fingerprint density at radius 1 is 1.24 bits per heavy atom. The maximum Gasteiger partial charge on any atom is 0.119 e. The molecule has 0 radical (unpaired) electrons. The van der Waals surface area contributed by atoms with Crippen LogP contribution in [-0.4, -0.2) is 36.3 Å². The van der Waals surface area contributed by atoms with E-state index in [4.69, 9.17) is 10.5 Å². The zero-order chi connectivity index (χ0) is 15.1. The molecular formula is C16H24N4O. The van der Waals surface area contributed by atoms with Gasteiger partial charge in [0.1, 0.15) is 11.6 Å². The molecule has 0 atom stereocenters. The number of hydrogen-bond donors (Lipinski definition) is 1. The van der Waals surface area contributed by atoms with E-state index < -0.39 is 0 Å². The van der Waals surface area contributed by atoms with Crippen LogP contribution in [0.25, 0.3) is 0 Å².